The first kappa shape index (κ1) is 17.6. The van der Waals surface area contributed by atoms with Crippen molar-refractivity contribution in [2.75, 3.05) is 18.0 Å². The zero-order valence-corrected chi connectivity index (χ0v) is 15.7. The number of piperidine rings is 1. The molecule has 4 heteroatoms. The Morgan fingerprint density at radius 2 is 1.64 bits per heavy atom. The zero-order chi connectivity index (χ0) is 18.0. The minimum absolute atomic E-state index is 0.313. The Bertz CT molecular complexity index is 732. The molecule has 0 saturated carbocycles. The van der Waals surface area contributed by atoms with Crippen LogP contribution >= 0.6 is 0 Å². The van der Waals surface area contributed by atoms with Gasteiger partial charge < -0.3 is 9.64 Å². The summed E-state index contributed by atoms with van der Waals surface area (Å²) in [4.78, 5) is 15.0. The summed E-state index contributed by atoms with van der Waals surface area (Å²) < 4.78 is 7.29. The van der Waals surface area contributed by atoms with Crippen molar-refractivity contribution in [1.82, 2.24) is 4.57 Å². The maximum absolute atomic E-state index is 12.7. The summed E-state index contributed by atoms with van der Waals surface area (Å²) in [7, 11) is 0. The van der Waals surface area contributed by atoms with Gasteiger partial charge in [-0.1, -0.05) is 29.8 Å². The third-order valence-corrected chi connectivity index (χ3v) is 4.45. The predicted octanol–water partition coefficient (Wildman–Crippen LogP) is 5.24. The molecule has 1 fully saturated rings. The Morgan fingerprint density at radius 1 is 1.00 bits per heavy atom. The fraction of sp³-hybridized carbons (Fsp3) is 0.476. The summed E-state index contributed by atoms with van der Waals surface area (Å²) in [6.07, 6.45) is 5.18. The number of rotatable bonds is 2. The lowest BCUT2D eigenvalue weighted by molar-refractivity contribution is 0.0539. The number of hydrogen-bond donors (Lipinski definition) is 0. The first-order valence-electron chi connectivity index (χ1n) is 9.11. The predicted molar refractivity (Wildman–Crippen MR) is 102 cm³/mol. The molecule has 2 aromatic rings. The molecule has 1 saturated heterocycles. The summed E-state index contributed by atoms with van der Waals surface area (Å²) in [5, 5.41) is 0. The van der Waals surface area contributed by atoms with Crippen LogP contribution in [0.25, 0.3) is 11.1 Å². The van der Waals surface area contributed by atoms with E-state index in [1.807, 2.05) is 27.0 Å². The Kier molecular flexibility index (Phi) is 4.89. The third kappa shape index (κ3) is 4.25. The van der Waals surface area contributed by atoms with Crippen LogP contribution in [0.5, 0.6) is 0 Å². The van der Waals surface area contributed by atoms with Crippen LogP contribution in [0.2, 0.25) is 0 Å². The maximum Gasteiger partial charge on any atom is 0.420 e. The van der Waals surface area contributed by atoms with Crippen LogP contribution in [0.4, 0.5) is 10.6 Å². The number of carbonyl (C=O) groups is 1. The van der Waals surface area contributed by atoms with Gasteiger partial charge in [0.25, 0.3) is 0 Å². The molecule has 25 heavy (non-hydrogen) atoms. The van der Waals surface area contributed by atoms with Gasteiger partial charge in [-0.15, -0.1) is 0 Å². The SMILES string of the molecule is Cc1ccc(-c2cc(N3CCCCC3)n(C(=O)OC(C)(C)C)c2)cc1. The van der Waals surface area contributed by atoms with Gasteiger partial charge in [-0.25, -0.2) is 9.36 Å². The molecule has 4 nitrogen and oxygen atoms in total. The fourth-order valence-corrected chi connectivity index (χ4v) is 3.18. The van der Waals surface area contributed by atoms with Crippen molar-refractivity contribution in [3.63, 3.8) is 0 Å². The summed E-state index contributed by atoms with van der Waals surface area (Å²) in [5.41, 5.74) is 2.88. The number of benzene rings is 1. The van der Waals surface area contributed by atoms with Crippen LogP contribution in [0.1, 0.15) is 45.6 Å². The van der Waals surface area contributed by atoms with Crippen LogP contribution in [0, 0.1) is 6.92 Å². The smallest absolute Gasteiger partial charge is 0.420 e. The molecule has 0 unspecified atom stereocenters. The van der Waals surface area contributed by atoms with E-state index in [0.717, 1.165) is 30.0 Å². The van der Waals surface area contributed by atoms with Crippen molar-refractivity contribution in [2.45, 2.75) is 52.6 Å². The van der Waals surface area contributed by atoms with Crippen molar-refractivity contribution >= 4 is 11.9 Å². The highest BCUT2D eigenvalue weighted by Crippen LogP contribution is 2.30. The van der Waals surface area contributed by atoms with Gasteiger partial charge in [0.15, 0.2) is 0 Å². The minimum Gasteiger partial charge on any atom is -0.443 e. The van der Waals surface area contributed by atoms with Crippen LogP contribution in [-0.4, -0.2) is 29.4 Å². The number of nitrogens with zero attached hydrogens (tertiary/aromatic N) is 2. The molecule has 0 bridgehead atoms. The molecule has 0 atom stereocenters. The minimum atomic E-state index is -0.509. The van der Waals surface area contributed by atoms with E-state index in [9.17, 15) is 4.79 Å². The van der Waals surface area contributed by atoms with Crippen molar-refractivity contribution in [1.29, 1.82) is 0 Å². The van der Waals surface area contributed by atoms with Crippen LogP contribution < -0.4 is 4.90 Å². The Labute approximate surface area is 150 Å². The van der Waals surface area contributed by atoms with Gasteiger partial charge in [0.05, 0.1) is 0 Å². The molecule has 1 aliphatic heterocycles. The van der Waals surface area contributed by atoms with Gasteiger partial charge in [0.2, 0.25) is 0 Å². The van der Waals surface area contributed by atoms with E-state index in [1.165, 1.54) is 24.8 Å². The summed E-state index contributed by atoms with van der Waals surface area (Å²) in [5.74, 6) is 0.935. The molecule has 134 valence electrons. The molecule has 0 amide bonds. The van der Waals surface area contributed by atoms with E-state index in [0.29, 0.717) is 0 Å². The molecule has 0 spiro atoms. The van der Waals surface area contributed by atoms with Crippen LogP contribution in [0.15, 0.2) is 36.5 Å². The van der Waals surface area contributed by atoms with Gasteiger partial charge in [-0.2, -0.15) is 0 Å². The number of ether oxygens (including phenoxy) is 1. The first-order chi connectivity index (χ1) is 11.8. The second kappa shape index (κ2) is 6.95. The van der Waals surface area contributed by atoms with Crippen LogP contribution in [0.3, 0.4) is 0 Å². The number of aromatic nitrogens is 1. The number of carbonyl (C=O) groups excluding carboxylic acids is 1. The van der Waals surface area contributed by atoms with Gasteiger partial charge in [0, 0.05) is 24.8 Å². The molecule has 1 aliphatic rings. The maximum atomic E-state index is 12.7. The highest BCUT2D eigenvalue weighted by molar-refractivity contribution is 5.81. The fourth-order valence-electron chi connectivity index (χ4n) is 3.18. The molecule has 0 radical (unpaired) electrons. The lowest BCUT2D eigenvalue weighted by atomic mass is 10.1. The Hall–Kier alpha value is -2.23. The summed E-state index contributed by atoms with van der Waals surface area (Å²) in [6.45, 7) is 9.75. The standard InChI is InChI=1S/C21H28N2O2/c1-16-8-10-17(11-9-16)18-14-19(22-12-6-5-7-13-22)23(15-18)20(24)25-21(2,3)4/h8-11,14-15H,5-7,12-13H2,1-4H3. The summed E-state index contributed by atoms with van der Waals surface area (Å²) in [6, 6.07) is 10.5. The molecule has 3 rings (SSSR count). The first-order valence-corrected chi connectivity index (χ1v) is 9.11. The van der Waals surface area contributed by atoms with E-state index in [4.69, 9.17) is 4.74 Å². The van der Waals surface area contributed by atoms with Gasteiger partial charge in [-0.3, -0.25) is 0 Å². The summed E-state index contributed by atoms with van der Waals surface area (Å²) >= 11 is 0. The lowest BCUT2D eigenvalue weighted by Crippen LogP contribution is -2.34. The number of aryl methyl sites for hydroxylation is 1. The van der Waals surface area contributed by atoms with E-state index >= 15 is 0 Å². The molecule has 1 aromatic carbocycles. The molecule has 2 heterocycles. The van der Waals surface area contributed by atoms with Crippen molar-refractivity contribution in [2.24, 2.45) is 0 Å². The highest BCUT2D eigenvalue weighted by atomic mass is 16.6. The number of anilines is 1. The molecule has 1 aromatic heterocycles. The van der Waals surface area contributed by atoms with E-state index in [2.05, 4.69) is 42.2 Å². The van der Waals surface area contributed by atoms with Gasteiger partial charge >= 0.3 is 6.09 Å². The topological polar surface area (TPSA) is 34.5 Å². The lowest BCUT2D eigenvalue weighted by Gasteiger charge is -2.29. The van der Waals surface area contributed by atoms with E-state index < -0.39 is 5.60 Å². The van der Waals surface area contributed by atoms with Crippen LogP contribution in [-0.2, 0) is 4.74 Å². The number of hydrogen-bond acceptors (Lipinski definition) is 3. The van der Waals surface area contributed by atoms with E-state index in [-0.39, 0.29) is 6.09 Å². The third-order valence-electron chi connectivity index (χ3n) is 4.45. The average Bonchev–Trinajstić information content (AvgIpc) is 3.00. The Morgan fingerprint density at radius 3 is 2.24 bits per heavy atom. The largest absolute Gasteiger partial charge is 0.443 e. The quantitative estimate of drug-likeness (QED) is 0.750. The van der Waals surface area contributed by atoms with E-state index in [1.54, 1.807) is 4.57 Å². The highest BCUT2D eigenvalue weighted by Gasteiger charge is 2.24. The van der Waals surface area contributed by atoms with Crippen molar-refractivity contribution in [3.8, 4) is 11.1 Å². The van der Waals surface area contributed by atoms with Crippen molar-refractivity contribution in [3.05, 3.63) is 42.1 Å². The van der Waals surface area contributed by atoms with Crippen molar-refractivity contribution < 1.29 is 9.53 Å². The monoisotopic (exact) mass is 340 g/mol. The second-order valence-corrected chi connectivity index (χ2v) is 7.85. The molecular weight excluding hydrogens is 312 g/mol. The molecular formula is C21H28N2O2. The zero-order valence-electron chi connectivity index (χ0n) is 15.7. The van der Waals surface area contributed by atoms with Gasteiger partial charge in [-0.05, 0) is 58.6 Å². The average molecular weight is 340 g/mol. The molecule has 0 N–H and O–H groups in total. The Balaban J connectivity index is 1.98. The normalized spacial score (nSPS) is 15.3. The second-order valence-electron chi connectivity index (χ2n) is 7.85. The van der Waals surface area contributed by atoms with Gasteiger partial charge in [0.1, 0.15) is 11.4 Å². The molecule has 0 aliphatic carbocycles.